The molecule has 0 amide bonds. The summed E-state index contributed by atoms with van der Waals surface area (Å²) >= 11 is 0. The van der Waals surface area contributed by atoms with Crippen molar-refractivity contribution >= 4 is 5.97 Å². The van der Waals surface area contributed by atoms with Crippen LogP contribution in [0.3, 0.4) is 0 Å². The number of hydrogen-bond acceptors (Lipinski definition) is 5. The quantitative estimate of drug-likeness (QED) is 0.599. The van der Waals surface area contributed by atoms with Crippen LogP contribution in [0, 0.1) is 5.82 Å². The summed E-state index contributed by atoms with van der Waals surface area (Å²) in [6.45, 7) is 3.28. The summed E-state index contributed by atoms with van der Waals surface area (Å²) in [7, 11) is 0. The van der Waals surface area contributed by atoms with E-state index in [1.165, 1.54) is 6.07 Å². The summed E-state index contributed by atoms with van der Waals surface area (Å²) in [5.41, 5.74) is 0.940. The zero-order valence-corrected chi connectivity index (χ0v) is 12.9. The molecule has 23 heavy (non-hydrogen) atoms. The van der Waals surface area contributed by atoms with E-state index in [1.54, 1.807) is 37.4 Å². The van der Waals surface area contributed by atoms with Crippen LogP contribution < -0.4 is 10.1 Å². The van der Waals surface area contributed by atoms with Crippen LogP contribution in [0.4, 0.5) is 4.39 Å². The zero-order chi connectivity index (χ0) is 16.5. The van der Waals surface area contributed by atoms with Crippen LogP contribution in [-0.2, 0) is 16.1 Å². The van der Waals surface area contributed by atoms with E-state index in [0.717, 1.165) is 5.56 Å². The van der Waals surface area contributed by atoms with Gasteiger partial charge in [0.05, 0.1) is 13.0 Å². The summed E-state index contributed by atoms with van der Waals surface area (Å²) in [6.07, 6.45) is 1.98. The molecular weight excluding hydrogens is 299 g/mol. The van der Waals surface area contributed by atoms with Gasteiger partial charge in [-0.15, -0.1) is 0 Å². The standard InChI is InChI=1S/C17H19FN2O3/c1-2-22-17(21)9-10-19-11-13-7-8-16(20-12-13)23-15-6-4-3-5-14(15)18/h3-8,12,19H,2,9-11H2,1H3. The maximum Gasteiger partial charge on any atom is 0.307 e. The van der Waals surface area contributed by atoms with Gasteiger partial charge in [-0.05, 0) is 24.6 Å². The summed E-state index contributed by atoms with van der Waals surface area (Å²) in [5.74, 6) is -0.184. The fourth-order valence-electron chi connectivity index (χ4n) is 1.87. The van der Waals surface area contributed by atoms with Crippen molar-refractivity contribution in [3.05, 3.63) is 54.0 Å². The Kier molecular flexibility index (Phi) is 6.50. The van der Waals surface area contributed by atoms with E-state index in [1.807, 2.05) is 6.07 Å². The lowest BCUT2D eigenvalue weighted by molar-refractivity contribution is -0.142. The number of para-hydroxylation sites is 1. The minimum absolute atomic E-state index is 0.139. The van der Waals surface area contributed by atoms with Crippen LogP contribution in [0.1, 0.15) is 18.9 Å². The fourth-order valence-corrected chi connectivity index (χ4v) is 1.87. The van der Waals surface area contributed by atoms with Crippen LogP contribution in [0.5, 0.6) is 11.6 Å². The van der Waals surface area contributed by atoms with Gasteiger partial charge in [0.2, 0.25) is 5.88 Å². The molecule has 0 spiro atoms. The van der Waals surface area contributed by atoms with Crippen LogP contribution in [0.25, 0.3) is 0 Å². The number of hydrogen-bond donors (Lipinski definition) is 1. The van der Waals surface area contributed by atoms with E-state index in [0.29, 0.717) is 32.0 Å². The third-order valence-electron chi connectivity index (χ3n) is 2.99. The smallest absolute Gasteiger partial charge is 0.307 e. The minimum atomic E-state index is -0.431. The van der Waals surface area contributed by atoms with Crippen molar-refractivity contribution in [2.45, 2.75) is 19.9 Å². The van der Waals surface area contributed by atoms with Gasteiger partial charge in [-0.2, -0.15) is 0 Å². The molecule has 0 saturated carbocycles. The molecule has 2 aromatic rings. The molecule has 5 nitrogen and oxygen atoms in total. The predicted molar refractivity (Wildman–Crippen MR) is 83.7 cm³/mol. The highest BCUT2D eigenvalue weighted by Gasteiger charge is 2.05. The normalized spacial score (nSPS) is 10.3. The molecule has 0 aliphatic rings. The van der Waals surface area contributed by atoms with Gasteiger partial charge >= 0.3 is 5.97 Å². The first-order chi connectivity index (χ1) is 11.2. The molecule has 1 heterocycles. The first-order valence-electron chi connectivity index (χ1n) is 7.42. The molecule has 122 valence electrons. The van der Waals surface area contributed by atoms with Crippen LogP contribution in [0.2, 0.25) is 0 Å². The van der Waals surface area contributed by atoms with E-state index < -0.39 is 5.82 Å². The van der Waals surface area contributed by atoms with Crippen molar-refractivity contribution < 1.29 is 18.7 Å². The third-order valence-corrected chi connectivity index (χ3v) is 2.99. The summed E-state index contributed by atoms with van der Waals surface area (Å²) in [4.78, 5) is 15.3. The largest absolute Gasteiger partial charge is 0.466 e. The van der Waals surface area contributed by atoms with Crippen molar-refractivity contribution in [1.29, 1.82) is 0 Å². The van der Waals surface area contributed by atoms with Crippen molar-refractivity contribution in [2.24, 2.45) is 0 Å². The molecule has 6 heteroatoms. The second kappa shape index (κ2) is 8.85. The van der Waals surface area contributed by atoms with Crippen molar-refractivity contribution in [3.8, 4) is 11.6 Å². The van der Waals surface area contributed by atoms with Crippen LogP contribution in [-0.4, -0.2) is 24.1 Å². The molecule has 0 radical (unpaired) electrons. The summed E-state index contributed by atoms with van der Waals surface area (Å²) < 4.78 is 23.7. The molecule has 1 aromatic carbocycles. The number of benzene rings is 1. The minimum Gasteiger partial charge on any atom is -0.466 e. The van der Waals surface area contributed by atoms with Gasteiger partial charge in [-0.3, -0.25) is 4.79 Å². The molecule has 0 bridgehead atoms. The molecule has 0 fully saturated rings. The van der Waals surface area contributed by atoms with Crippen molar-refractivity contribution in [2.75, 3.05) is 13.2 Å². The van der Waals surface area contributed by atoms with Gasteiger partial charge in [0.25, 0.3) is 0 Å². The Morgan fingerprint density at radius 3 is 2.78 bits per heavy atom. The number of carbonyl (C=O) groups excluding carboxylic acids is 1. The number of ether oxygens (including phenoxy) is 2. The molecular formula is C17H19FN2O3. The number of halogens is 1. The Balaban J connectivity index is 1.78. The van der Waals surface area contributed by atoms with Gasteiger partial charge in [-0.1, -0.05) is 18.2 Å². The van der Waals surface area contributed by atoms with Gasteiger partial charge in [0, 0.05) is 25.4 Å². The summed E-state index contributed by atoms with van der Waals surface area (Å²) in [6, 6.07) is 9.68. The second-order valence-electron chi connectivity index (χ2n) is 4.77. The number of aromatic nitrogens is 1. The Labute approximate surface area is 134 Å². The van der Waals surface area contributed by atoms with E-state index in [-0.39, 0.29) is 11.7 Å². The van der Waals surface area contributed by atoms with Gasteiger partial charge in [0.1, 0.15) is 0 Å². The highest BCUT2D eigenvalue weighted by atomic mass is 19.1. The SMILES string of the molecule is CCOC(=O)CCNCc1ccc(Oc2ccccc2F)nc1. The molecule has 2 rings (SSSR count). The molecule has 0 aliphatic heterocycles. The lowest BCUT2D eigenvalue weighted by atomic mass is 10.3. The maximum atomic E-state index is 13.5. The molecule has 1 aromatic heterocycles. The average molecular weight is 318 g/mol. The molecule has 0 atom stereocenters. The van der Waals surface area contributed by atoms with Crippen LogP contribution >= 0.6 is 0 Å². The van der Waals surface area contributed by atoms with Crippen molar-refractivity contribution in [1.82, 2.24) is 10.3 Å². The highest BCUT2D eigenvalue weighted by molar-refractivity contribution is 5.69. The topological polar surface area (TPSA) is 60.5 Å². The summed E-state index contributed by atoms with van der Waals surface area (Å²) in [5, 5.41) is 3.13. The van der Waals surface area contributed by atoms with E-state index in [2.05, 4.69) is 10.3 Å². The fraction of sp³-hybridized carbons (Fsp3) is 0.294. The van der Waals surface area contributed by atoms with Gasteiger partial charge in [-0.25, -0.2) is 9.37 Å². The third kappa shape index (κ3) is 5.67. The number of nitrogens with one attached hydrogen (secondary N) is 1. The number of nitrogens with zero attached hydrogens (tertiary/aromatic N) is 1. The average Bonchev–Trinajstić information content (AvgIpc) is 2.55. The lowest BCUT2D eigenvalue weighted by Gasteiger charge is -2.07. The van der Waals surface area contributed by atoms with Crippen LogP contribution in [0.15, 0.2) is 42.6 Å². The van der Waals surface area contributed by atoms with E-state index >= 15 is 0 Å². The van der Waals surface area contributed by atoms with Gasteiger partial charge in [0.15, 0.2) is 11.6 Å². The first kappa shape index (κ1) is 16.9. The Hall–Kier alpha value is -2.47. The first-order valence-corrected chi connectivity index (χ1v) is 7.42. The zero-order valence-electron chi connectivity index (χ0n) is 12.9. The number of carbonyl (C=O) groups is 1. The number of rotatable bonds is 8. The monoisotopic (exact) mass is 318 g/mol. The maximum absolute atomic E-state index is 13.5. The van der Waals surface area contributed by atoms with E-state index in [4.69, 9.17) is 9.47 Å². The molecule has 0 unspecified atom stereocenters. The Morgan fingerprint density at radius 2 is 2.09 bits per heavy atom. The van der Waals surface area contributed by atoms with Gasteiger partial charge < -0.3 is 14.8 Å². The van der Waals surface area contributed by atoms with E-state index in [9.17, 15) is 9.18 Å². The second-order valence-corrected chi connectivity index (χ2v) is 4.77. The highest BCUT2D eigenvalue weighted by Crippen LogP contribution is 2.22. The number of pyridine rings is 1. The molecule has 0 aliphatic carbocycles. The Morgan fingerprint density at radius 1 is 1.26 bits per heavy atom. The lowest BCUT2D eigenvalue weighted by Crippen LogP contribution is -2.19. The molecule has 0 saturated heterocycles. The Bertz CT molecular complexity index is 632. The number of esters is 1. The molecule has 1 N–H and O–H groups in total. The predicted octanol–water partition coefficient (Wildman–Crippen LogP) is 3.06. The van der Waals surface area contributed by atoms with Crippen molar-refractivity contribution in [3.63, 3.8) is 0 Å².